The van der Waals surface area contributed by atoms with E-state index in [0.717, 1.165) is 0 Å². The Labute approximate surface area is 117 Å². The number of hydrogen-bond donors (Lipinski definition) is 2. The lowest BCUT2D eigenvalue weighted by Gasteiger charge is -2.23. The van der Waals surface area contributed by atoms with Gasteiger partial charge in [0.15, 0.2) is 0 Å². The molecule has 0 bridgehead atoms. The largest absolute Gasteiger partial charge is 0.481 e. The van der Waals surface area contributed by atoms with Crippen LogP contribution in [0.3, 0.4) is 0 Å². The number of carboxylic acids is 1. The van der Waals surface area contributed by atoms with E-state index in [1.165, 1.54) is 0 Å². The van der Waals surface area contributed by atoms with Crippen molar-refractivity contribution < 1.29 is 14.7 Å². The Hall–Kier alpha value is -2.05. The number of carbonyl (C=O) groups is 2. The molecule has 1 aliphatic heterocycles. The number of likely N-dealkylation sites (tertiary alicyclic amines) is 1. The van der Waals surface area contributed by atoms with Gasteiger partial charge >= 0.3 is 12.0 Å². The summed E-state index contributed by atoms with van der Waals surface area (Å²) in [5.74, 6) is -0.813. The van der Waals surface area contributed by atoms with Crippen molar-refractivity contribution in [1.82, 2.24) is 20.0 Å². The minimum absolute atomic E-state index is 0.200. The predicted molar refractivity (Wildman–Crippen MR) is 72.2 cm³/mol. The van der Waals surface area contributed by atoms with Crippen LogP contribution in [0.5, 0.6) is 0 Å². The van der Waals surface area contributed by atoms with Gasteiger partial charge in [-0.2, -0.15) is 5.10 Å². The number of carbonyl (C=O) groups excluding carboxylic acids is 1. The molecule has 0 spiro atoms. The lowest BCUT2D eigenvalue weighted by Crippen LogP contribution is -2.42. The van der Waals surface area contributed by atoms with Crippen LogP contribution < -0.4 is 5.32 Å². The van der Waals surface area contributed by atoms with Crippen LogP contribution in [-0.4, -0.2) is 51.4 Å². The van der Waals surface area contributed by atoms with Gasteiger partial charge in [0.1, 0.15) is 0 Å². The first kappa shape index (κ1) is 14.4. The van der Waals surface area contributed by atoms with Crippen molar-refractivity contribution >= 4 is 12.0 Å². The molecule has 0 radical (unpaired) electrons. The number of rotatable bonds is 5. The number of hydrogen-bond acceptors (Lipinski definition) is 3. The number of nitrogens with zero attached hydrogens (tertiary/aromatic N) is 3. The summed E-state index contributed by atoms with van der Waals surface area (Å²) in [4.78, 5) is 24.9. The third-order valence-electron chi connectivity index (χ3n) is 3.95. The van der Waals surface area contributed by atoms with E-state index < -0.39 is 11.4 Å². The Morgan fingerprint density at radius 3 is 2.85 bits per heavy atom. The van der Waals surface area contributed by atoms with Gasteiger partial charge in [0, 0.05) is 32.0 Å². The molecule has 1 saturated heterocycles. The van der Waals surface area contributed by atoms with Crippen LogP contribution in [0.2, 0.25) is 0 Å². The molecule has 7 heteroatoms. The molecule has 2 heterocycles. The molecule has 0 aromatic carbocycles. The van der Waals surface area contributed by atoms with Crippen molar-refractivity contribution in [1.29, 1.82) is 0 Å². The lowest BCUT2D eigenvalue weighted by atomic mass is 9.84. The molecule has 2 N–H and O–H groups in total. The van der Waals surface area contributed by atoms with E-state index in [4.69, 9.17) is 0 Å². The number of aromatic nitrogens is 2. The predicted octanol–water partition coefficient (Wildman–Crippen LogP) is 0.779. The quantitative estimate of drug-likeness (QED) is 0.834. The van der Waals surface area contributed by atoms with E-state index in [2.05, 4.69) is 10.4 Å². The van der Waals surface area contributed by atoms with E-state index in [-0.39, 0.29) is 12.6 Å². The normalized spacial score (nSPS) is 21.9. The number of nitrogens with one attached hydrogen (secondary N) is 1. The standard InChI is InChI=1S/C13H20N4O3/c1-2-13(11(18)19)4-8-16(10-13)12(20)14-6-9-17-7-3-5-15-17/h3,5,7H,2,4,6,8-10H2,1H3,(H,14,20)(H,18,19). The molecule has 20 heavy (non-hydrogen) atoms. The fraction of sp³-hybridized carbons (Fsp3) is 0.615. The first-order chi connectivity index (χ1) is 9.57. The highest BCUT2D eigenvalue weighted by atomic mass is 16.4. The number of urea groups is 1. The van der Waals surface area contributed by atoms with Crippen LogP contribution >= 0.6 is 0 Å². The highest BCUT2D eigenvalue weighted by molar-refractivity contribution is 5.79. The average Bonchev–Trinajstić information content (AvgIpc) is 3.08. The number of amides is 2. The van der Waals surface area contributed by atoms with Gasteiger partial charge in [-0.1, -0.05) is 6.92 Å². The van der Waals surface area contributed by atoms with E-state index in [1.807, 2.05) is 19.2 Å². The second-order valence-electron chi connectivity index (χ2n) is 5.11. The van der Waals surface area contributed by atoms with Crippen molar-refractivity contribution in [2.24, 2.45) is 5.41 Å². The van der Waals surface area contributed by atoms with Gasteiger partial charge in [-0.25, -0.2) is 4.79 Å². The summed E-state index contributed by atoms with van der Waals surface area (Å²) >= 11 is 0. The highest BCUT2D eigenvalue weighted by Gasteiger charge is 2.44. The molecular weight excluding hydrogens is 260 g/mol. The average molecular weight is 280 g/mol. The molecule has 1 fully saturated rings. The third kappa shape index (κ3) is 2.92. The smallest absolute Gasteiger partial charge is 0.317 e. The van der Waals surface area contributed by atoms with Crippen LogP contribution in [0, 0.1) is 5.41 Å². The van der Waals surface area contributed by atoms with Crippen LogP contribution in [0.1, 0.15) is 19.8 Å². The molecule has 1 atom stereocenters. The fourth-order valence-corrected chi connectivity index (χ4v) is 2.48. The lowest BCUT2D eigenvalue weighted by molar-refractivity contribution is -0.148. The Bertz CT molecular complexity index is 474. The van der Waals surface area contributed by atoms with Gasteiger partial charge in [-0.3, -0.25) is 9.48 Å². The molecule has 7 nitrogen and oxygen atoms in total. The van der Waals surface area contributed by atoms with E-state index >= 15 is 0 Å². The second kappa shape index (κ2) is 5.94. The molecule has 1 aromatic rings. The topological polar surface area (TPSA) is 87.5 Å². The van der Waals surface area contributed by atoms with Crippen LogP contribution in [0.4, 0.5) is 4.79 Å². The summed E-state index contributed by atoms with van der Waals surface area (Å²) < 4.78 is 1.73. The minimum Gasteiger partial charge on any atom is -0.481 e. The third-order valence-corrected chi connectivity index (χ3v) is 3.95. The van der Waals surface area contributed by atoms with E-state index in [0.29, 0.717) is 32.5 Å². The maximum absolute atomic E-state index is 12.0. The molecule has 0 saturated carbocycles. The summed E-state index contributed by atoms with van der Waals surface area (Å²) in [6.07, 6.45) is 4.57. The van der Waals surface area contributed by atoms with E-state index in [9.17, 15) is 14.7 Å². The van der Waals surface area contributed by atoms with Gasteiger partial charge in [-0.15, -0.1) is 0 Å². The molecule has 1 aromatic heterocycles. The van der Waals surface area contributed by atoms with Gasteiger partial charge in [0.05, 0.1) is 12.0 Å². The maximum Gasteiger partial charge on any atom is 0.317 e. The van der Waals surface area contributed by atoms with E-state index in [1.54, 1.807) is 15.8 Å². The number of carboxylic acid groups (broad SMARTS) is 1. The van der Waals surface area contributed by atoms with Gasteiger partial charge in [0.2, 0.25) is 0 Å². The zero-order chi connectivity index (χ0) is 14.6. The minimum atomic E-state index is -0.813. The molecule has 1 aliphatic rings. The van der Waals surface area contributed by atoms with Crippen molar-refractivity contribution in [3.8, 4) is 0 Å². The zero-order valence-corrected chi connectivity index (χ0v) is 11.6. The highest BCUT2D eigenvalue weighted by Crippen LogP contribution is 2.34. The molecule has 110 valence electrons. The van der Waals surface area contributed by atoms with Crippen LogP contribution in [-0.2, 0) is 11.3 Å². The van der Waals surface area contributed by atoms with Crippen molar-refractivity contribution in [3.63, 3.8) is 0 Å². The maximum atomic E-state index is 12.0. The van der Waals surface area contributed by atoms with Crippen molar-refractivity contribution in [2.75, 3.05) is 19.6 Å². The van der Waals surface area contributed by atoms with Crippen LogP contribution in [0.25, 0.3) is 0 Å². The molecule has 2 amide bonds. The summed E-state index contributed by atoms with van der Waals surface area (Å²) in [6.45, 7) is 3.71. The monoisotopic (exact) mass is 280 g/mol. The van der Waals surface area contributed by atoms with Gasteiger partial charge in [-0.05, 0) is 18.9 Å². The summed E-state index contributed by atoms with van der Waals surface area (Å²) in [6, 6.07) is 1.62. The zero-order valence-electron chi connectivity index (χ0n) is 11.6. The molecule has 1 unspecified atom stereocenters. The molecule has 2 rings (SSSR count). The van der Waals surface area contributed by atoms with Gasteiger partial charge in [0.25, 0.3) is 0 Å². The molecule has 0 aliphatic carbocycles. The number of aliphatic carboxylic acids is 1. The van der Waals surface area contributed by atoms with Crippen molar-refractivity contribution in [3.05, 3.63) is 18.5 Å². The Kier molecular flexibility index (Phi) is 4.26. The summed E-state index contributed by atoms with van der Waals surface area (Å²) in [5.41, 5.74) is -0.778. The van der Waals surface area contributed by atoms with Crippen LogP contribution in [0.15, 0.2) is 18.5 Å². The summed E-state index contributed by atoms with van der Waals surface area (Å²) in [5, 5.41) is 16.1. The first-order valence-electron chi connectivity index (χ1n) is 6.81. The SMILES string of the molecule is CCC1(C(=O)O)CCN(C(=O)NCCn2cccn2)C1. The Balaban J connectivity index is 1.80. The Morgan fingerprint density at radius 1 is 1.50 bits per heavy atom. The summed E-state index contributed by atoms with van der Waals surface area (Å²) in [7, 11) is 0. The van der Waals surface area contributed by atoms with Gasteiger partial charge < -0.3 is 15.3 Å². The first-order valence-corrected chi connectivity index (χ1v) is 6.81. The second-order valence-corrected chi connectivity index (χ2v) is 5.11. The fourth-order valence-electron chi connectivity index (χ4n) is 2.48. The Morgan fingerprint density at radius 2 is 2.30 bits per heavy atom. The van der Waals surface area contributed by atoms with Crippen molar-refractivity contribution in [2.45, 2.75) is 26.3 Å². The molecular formula is C13H20N4O3.